The Balaban J connectivity index is 2.46. The van der Waals surface area contributed by atoms with Crippen molar-refractivity contribution in [1.29, 1.82) is 0 Å². The van der Waals surface area contributed by atoms with E-state index in [1.54, 1.807) is 4.90 Å². The topological polar surface area (TPSA) is 49.9 Å². The van der Waals surface area contributed by atoms with Crippen molar-refractivity contribution in [3.05, 3.63) is 0 Å². The van der Waals surface area contributed by atoms with Crippen molar-refractivity contribution in [3.63, 3.8) is 0 Å². The molecule has 0 aromatic heterocycles. The Morgan fingerprint density at radius 2 is 1.76 bits per heavy atom. The molecule has 0 radical (unpaired) electrons. The molecule has 0 unspecified atom stereocenters. The monoisotopic (exact) mass is 242 g/mol. The lowest BCUT2D eigenvalue weighted by Crippen LogP contribution is -2.44. The number of carbonyl (C=O) groups excluding carboxylic acids is 2. The average Bonchev–Trinajstić information content (AvgIpc) is 2.39. The lowest BCUT2D eigenvalue weighted by Gasteiger charge is -2.32. The number of rotatable bonds is 3. The summed E-state index contributed by atoms with van der Waals surface area (Å²) in [5.74, 6) is 0.287. The molecule has 0 atom stereocenters. The SMILES string of the molecule is CCN(CC)C(=O)C1CCN(C(=O)OC)CC1. The molecule has 1 aliphatic heterocycles. The maximum Gasteiger partial charge on any atom is 0.409 e. The van der Waals surface area contributed by atoms with Crippen molar-refractivity contribution in [3.8, 4) is 0 Å². The van der Waals surface area contributed by atoms with Crippen LogP contribution in [0.1, 0.15) is 26.7 Å². The van der Waals surface area contributed by atoms with Crippen LogP contribution in [0.3, 0.4) is 0 Å². The van der Waals surface area contributed by atoms with E-state index >= 15 is 0 Å². The number of nitrogens with zero attached hydrogens (tertiary/aromatic N) is 2. The lowest BCUT2D eigenvalue weighted by molar-refractivity contribution is -0.136. The average molecular weight is 242 g/mol. The van der Waals surface area contributed by atoms with Crippen molar-refractivity contribution in [2.45, 2.75) is 26.7 Å². The zero-order valence-corrected chi connectivity index (χ0v) is 10.9. The second-order valence-corrected chi connectivity index (χ2v) is 4.24. The van der Waals surface area contributed by atoms with E-state index in [1.807, 2.05) is 18.7 Å². The van der Waals surface area contributed by atoms with E-state index in [2.05, 4.69) is 4.74 Å². The van der Waals surface area contributed by atoms with E-state index < -0.39 is 0 Å². The molecule has 0 aromatic carbocycles. The molecule has 5 nitrogen and oxygen atoms in total. The van der Waals surface area contributed by atoms with Gasteiger partial charge in [0.1, 0.15) is 0 Å². The predicted molar refractivity (Wildman–Crippen MR) is 64.6 cm³/mol. The summed E-state index contributed by atoms with van der Waals surface area (Å²) in [7, 11) is 1.38. The third-order valence-electron chi connectivity index (χ3n) is 3.35. The first-order valence-corrected chi connectivity index (χ1v) is 6.25. The largest absolute Gasteiger partial charge is 0.453 e. The van der Waals surface area contributed by atoms with Gasteiger partial charge in [0.05, 0.1) is 7.11 Å². The number of amides is 2. The second kappa shape index (κ2) is 6.47. The molecule has 2 amide bonds. The van der Waals surface area contributed by atoms with Gasteiger partial charge in [-0.15, -0.1) is 0 Å². The van der Waals surface area contributed by atoms with Gasteiger partial charge >= 0.3 is 6.09 Å². The summed E-state index contributed by atoms with van der Waals surface area (Å²) in [5, 5.41) is 0. The van der Waals surface area contributed by atoms with Gasteiger partial charge in [-0.25, -0.2) is 4.79 Å². The van der Waals surface area contributed by atoms with Gasteiger partial charge in [0.15, 0.2) is 0 Å². The Labute approximate surface area is 103 Å². The Bertz CT molecular complexity index is 269. The second-order valence-electron chi connectivity index (χ2n) is 4.24. The molecule has 0 aliphatic carbocycles. The van der Waals surface area contributed by atoms with Crippen LogP contribution >= 0.6 is 0 Å². The minimum absolute atomic E-state index is 0.0656. The standard InChI is InChI=1S/C12H22N2O3/c1-4-13(5-2)11(15)10-6-8-14(9-7-10)12(16)17-3/h10H,4-9H2,1-3H3. The number of piperidine rings is 1. The van der Waals surface area contributed by atoms with Gasteiger partial charge in [0.25, 0.3) is 0 Å². The highest BCUT2D eigenvalue weighted by Crippen LogP contribution is 2.20. The maximum absolute atomic E-state index is 12.1. The van der Waals surface area contributed by atoms with Gasteiger partial charge in [0, 0.05) is 32.1 Å². The molecular formula is C12H22N2O3. The van der Waals surface area contributed by atoms with Crippen molar-refractivity contribution in [2.75, 3.05) is 33.3 Å². The summed E-state index contributed by atoms with van der Waals surface area (Å²) in [6.45, 7) is 6.73. The Kier molecular flexibility index (Phi) is 5.25. The molecule has 5 heteroatoms. The fourth-order valence-corrected chi connectivity index (χ4v) is 2.23. The molecule has 1 rings (SSSR count). The van der Waals surface area contributed by atoms with Crippen molar-refractivity contribution < 1.29 is 14.3 Å². The molecule has 98 valence electrons. The first kappa shape index (κ1) is 13.8. The molecule has 1 aliphatic rings. The molecule has 0 saturated carbocycles. The zero-order valence-electron chi connectivity index (χ0n) is 10.9. The smallest absolute Gasteiger partial charge is 0.409 e. The van der Waals surface area contributed by atoms with Gasteiger partial charge < -0.3 is 14.5 Å². The van der Waals surface area contributed by atoms with Gasteiger partial charge in [-0.3, -0.25) is 4.79 Å². The van der Waals surface area contributed by atoms with Crippen LogP contribution < -0.4 is 0 Å². The summed E-state index contributed by atoms with van der Waals surface area (Å²) in [5.41, 5.74) is 0. The fourth-order valence-electron chi connectivity index (χ4n) is 2.23. The van der Waals surface area contributed by atoms with Crippen LogP contribution in [0, 0.1) is 5.92 Å². The highest BCUT2D eigenvalue weighted by atomic mass is 16.5. The molecule has 0 aromatic rings. The molecule has 17 heavy (non-hydrogen) atoms. The number of likely N-dealkylation sites (tertiary alicyclic amines) is 1. The molecule has 0 spiro atoms. The van der Waals surface area contributed by atoms with E-state index in [0.717, 1.165) is 25.9 Å². The predicted octanol–water partition coefficient (Wildman–Crippen LogP) is 1.33. The number of methoxy groups -OCH3 is 1. The molecule has 0 N–H and O–H groups in total. The first-order chi connectivity index (χ1) is 8.13. The van der Waals surface area contributed by atoms with E-state index in [4.69, 9.17) is 0 Å². The minimum Gasteiger partial charge on any atom is -0.453 e. The van der Waals surface area contributed by atoms with Gasteiger partial charge in [-0.2, -0.15) is 0 Å². The fraction of sp³-hybridized carbons (Fsp3) is 0.833. The summed E-state index contributed by atoms with van der Waals surface area (Å²) in [4.78, 5) is 26.9. The lowest BCUT2D eigenvalue weighted by atomic mass is 9.95. The van der Waals surface area contributed by atoms with Gasteiger partial charge in [0.2, 0.25) is 5.91 Å². The van der Waals surface area contributed by atoms with E-state index in [0.29, 0.717) is 13.1 Å². The molecule has 0 bridgehead atoms. The van der Waals surface area contributed by atoms with Gasteiger partial charge in [-0.05, 0) is 26.7 Å². The van der Waals surface area contributed by atoms with Crippen molar-refractivity contribution in [2.24, 2.45) is 5.92 Å². The highest BCUT2D eigenvalue weighted by molar-refractivity contribution is 5.79. The summed E-state index contributed by atoms with van der Waals surface area (Å²) >= 11 is 0. The van der Waals surface area contributed by atoms with Crippen LogP contribution in [0.5, 0.6) is 0 Å². The van der Waals surface area contributed by atoms with E-state index in [1.165, 1.54) is 7.11 Å². The normalized spacial score (nSPS) is 16.8. The Morgan fingerprint density at radius 1 is 1.24 bits per heavy atom. The van der Waals surface area contributed by atoms with Crippen LogP contribution in [0.2, 0.25) is 0 Å². The maximum atomic E-state index is 12.1. The highest BCUT2D eigenvalue weighted by Gasteiger charge is 2.29. The van der Waals surface area contributed by atoms with Crippen molar-refractivity contribution in [1.82, 2.24) is 9.80 Å². The minimum atomic E-state index is -0.293. The van der Waals surface area contributed by atoms with Gasteiger partial charge in [-0.1, -0.05) is 0 Å². The van der Waals surface area contributed by atoms with E-state index in [9.17, 15) is 9.59 Å². The quantitative estimate of drug-likeness (QED) is 0.750. The molecule has 1 heterocycles. The number of ether oxygens (including phenoxy) is 1. The zero-order chi connectivity index (χ0) is 12.8. The Hall–Kier alpha value is -1.26. The molecule has 1 saturated heterocycles. The van der Waals surface area contributed by atoms with Crippen LogP contribution in [0.15, 0.2) is 0 Å². The third-order valence-corrected chi connectivity index (χ3v) is 3.35. The summed E-state index contributed by atoms with van der Waals surface area (Å²) in [6, 6.07) is 0. The molecule has 1 fully saturated rings. The number of carbonyl (C=O) groups is 2. The summed E-state index contributed by atoms with van der Waals surface area (Å²) in [6.07, 6.45) is 1.19. The van der Waals surface area contributed by atoms with E-state index in [-0.39, 0.29) is 17.9 Å². The number of hydrogen-bond donors (Lipinski definition) is 0. The van der Waals surface area contributed by atoms with Crippen LogP contribution in [0.4, 0.5) is 4.79 Å². The first-order valence-electron chi connectivity index (χ1n) is 6.25. The van der Waals surface area contributed by atoms with Crippen LogP contribution in [-0.4, -0.2) is 55.1 Å². The third kappa shape index (κ3) is 3.35. The molecular weight excluding hydrogens is 220 g/mol. The summed E-state index contributed by atoms with van der Waals surface area (Å²) < 4.78 is 4.67. The van der Waals surface area contributed by atoms with Crippen LogP contribution in [0.25, 0.3) is 0 Å². The van der Waals surface area contributed by atoms with Crippen molar-refractivity contribution >= 4 is 12.0 Å². The number of hydrogen-bond acceptors (Lipinski definition) is 3. The van der Waals surface area contributed by atoms with Crippen LogP contribution in [-0.2, 0) is 9.53 Å². The Morgan fingerprint density at radius 3 is 2.18 bits per heavy atom.